The molecule has 0 aliphatic heterocycles. The van der Waals surface area contributed by atoms with Crippen LogP contribution in [0.1, 0.15) is 6.92 Å². The summed E-state index contributed by atoms with van der Waals surface area (Å²) in [7, 11) is 0. The molecule has 1 aromatic carbocycles. The van der Waals surface area contributed by atoms with Gasteiger partial charge in [0.1, 0.15) is 0 Å². The lowest BCUT2D eigenvalue weighted by molar-refractivity contribution is 0.232. The molecule has 15 heavy (non-hydrogen) atoms. The van der Waals surface area contributed by atoms with Crippen molar-refractivity contribution in [1.29, 1.82) is 0 Å². The standard InChI is InChI=1S/C10H10FN2O2/c1-8(7-14)12-10(15)13(11)9-5-3-2-4-6-9/h2-6,8H,1H3,(H,12,15)/t8-/m0/s1. The van der Waals surface area contributed by atoms with E-state index in [1.807, 2.05) is 0 Å². The summed E-state index contributed by atoms with van der Waals surface area (Å²) in [6, 6.07) is 5.96. The first-order chi connectivity index (χ1) is 7.15. The van der Waals surface area contributed by atoms with E-state index in [2.05, 4.69) is 5.32 Å². The summed E-state index contributed by atoms with van der Waals surface area (Å²) in [6.07, 6.45) is 1.53. The average Bonchev–Trinajstić information content (AvgIpc) is 2.29. The number of carbonyl (C=O) groups excluding carboxylic acids is 2. The molecule has 0 aromatic heterocycles. The van der Waals surface area contributed by atoms with Gasteiger partial charge in [0.05, 0.1) is 11.7 Å². The Hall–Kier alpha value is -1.91. The third kappa shape index (κ3) is 3.05. The summed E-state index contributed by atoms with van der Waals surface area (Å²) in [4.78, 5) is 21.3. The van der Waals surface area contributed by atoms with Crippen LogP contribution in [0.3, 0.4) is 0 Å². The average molecular weight is 209 g/mol. The molecule has 5 heteroatoms. The number of urea groups is 1. The monoisotopic (exact) mass is 209 g/mol. The number of carbonyl (C=O) groups is 1. The molecule has 0 heterocycles. The van der Waals surface area contributed by atoms with Crippen molar-refractivity contribution in [2.24, 2.45) is 0 Å². The quantitative estimate of drug-likeness (QED) is 0.768. The lowest BCUT2D eigenvalue weighted by atomic mass is 10.3. The fraction of sp³-hybridized carbons (Fsp3) is 0.200. The summed E-state index contributed by atoms with van der Waals surface area (Å²) >= 11 is 0. The minimum Gasteiger partial charge on any atom is -0.326 e. The highest BCUT2D eigenvalue weighted by molar-refractivity contribution is 5.91. The number of rotatable bonds is 3. The van der Waals surface area contributed by atoms with Gasteiger partial charge >= 0.3 is 6.03 Å². The van der Waals surface area contributed by atoms with Crippen LogP contribution in [0.5, 0.6) is 0 Å². The summed E-state index contributed by atoms with van der Waals surface area (Å²) in [6.45, 7) is 1.41. The molecule has 0 saturated carbocycles. The van der Waals surface area contributed by atoms with Gasteiger partial charge in [0.25, 0.3) is 0 Å². The molecule has 79 valence electrons. The van der Waals surface area contributed by atoms with Crippen molar-refractivity contribution in [2.45, 2.75) is 13.0 Å². The number of amides is 2. The highest BCUT2D eigenvalue weighted by Gasteiger charge is 2.16. The summed E-state index contributed by atoms with van der Waals surface area (Å²) < 4.78 is 13.3. The van der Waals surface area contributed by atoms with Crippen LogP contribution in [0.15, 0.2) is 30.3 Å². The van der Waals surface area contributed by atoms with Crippen molar-refractivity contribution in [2.75, 3.05) is 5.12 Å². The third-order valence-corrected chi connectivity index (χ3v) is 1.68. The molecule has 1 rings (SSSR count). The number of nitrogens with zero attached hydrogens (tertiary/aromatic N) is 1. The fourth-order valence-corrected chi connectivity index (χ4v) is 0.947. The van der Waals surface area contributed by atoms with Crippen LogP contribution in [-0.4, -0.2) is 18.4 Å². The topological polar surface area (TPSA) is 49.4 Å². The van der Waals surface area contributed by atoms with E-state index in [4.69, 9.17) is 0 Å². The van der Waals surface area contributed by atoms with E-state index in [0.717, 1.165) is 0 Å². The maximum Gasteiger partial charge on any atom is 0.350 e. The smallest absolute Gasteiger partial charge is 0.326 e. The molecule has 0 aliphatic carbocycles. The van der Waals surface area contributed by atoms with Crippen LogP contribution < -0.4 is 10.4 Å². The highest BCUT2D eigenvalue weighted by Crippen LogP contribution is 2.13. The zero-order valence-electron chi connectivity index (χ0n) is 8.11. The molecule has 0 spiro atoms. The van der Waals surface area contributed by atoms with Crippen LogP contribution in [0.4, 0.5) is 15.0 Å². The predicted molar refractivity (Wildman–Crippen MR) is 53.7 cm³/mol. The maximum absolute atomic E-state index is 13.3. The van der Waals surface area contributed by atoms with Crippen LogP contribution in [0.25, 0.3) is 0 Å². The molecule has 0 fully saturated rings. The van der Waals surface area contributed by atoms with Gasteiger partial charge in [-0.1, -0.05) is 22.7 Å². The van der Waals surface area contributed by atoms with Crippen molar-refractivity contribution >= 4 is 18.0 Å². The van der Waals surface area contributed by atoms with Crippen molar-refractivity contribution in [1.82, 2.24) is 5.32 Å². The van der Waals surface area contributed by atoms with Gasteiger partial charge in [-0.15, -0.1) is 5.12 Å². The number of hydrogen-bond donors (Lipinski definition) is 1. The first-order valence-electron chi connectivity index (χ1n) is 4.34. The second-order valence-electron chi connectivity index (χ2n) is 2.91. The van der Waals surface area contributed by atoms with Crippen molar-refractivity contribution in [3.8, 4) is 0 Å². The minimum atomic E-state index is -0.989. The second kappa shape index (κ2) is 5.09. The number of hydrogen-bond acceptors (Lipinski definition) is 2. The summed E-state index contributed by atoms with van der Waals surface area (Å²) in [5, 5.41) is 2.05. The van der Waals surface area contributed by atoms with Gasteiger partial charge < -0.3 is 5.32 Å². The highest BCUT2D eigenvalue weighted by atomic mass is 19.2. The normalized spacial score (nSPS) is 11.6. The number of halogens is 1. The van der Waals surface area contributed by atoms with Gasteiger partial charge in [0.15, 0.2) is 0 Å². The lowest BCUT2D eigenvalue weighted by Gasteiger charge is -2.13. The van der Waals surface area contributed by atoms with Crippen LogP contribution in [-0.2, 0) is 4.79 Å². The van der Waals surface area contributed by atoms with Crippen molar-refractivity contribution in [3.63, 3.8) is 0 Å². The number of benzene rings is 1. The van der Waals surface area contributed by atoms with Crippen LogP contribution in [0, 0.1) is 0 Å². The molecule has 1 atom stereocenters. The Morgan fingerprint density at radius 1 is 1.47 bits per heavy atom. The Kier molecular flexibility index (Phi) is 3.79. The predicted octanol–water partition coefficient (Wildman–Crippen LogP) is 1.59. The van der Waals surface area contributed by atoms with E-state index < -0.39 is 12.1 Å². The van der Waals surface area contributed by atoms with E-state index in [0.29, 0.717) is 0 Å². The second-order valence-corrected chi connectivity index (χ2v) is 2.91. The van der Waals surface area contributed by atoms with Gasteiger partial charge in [-0.05, 0) is 19.1 Å². The molecular formula is C10H10FN2O2. The van der Waals surface area contributed by atoms with Gasteiger partial charge in [-0.3, -0.25) is 4.79 Å². The Morgan fingerprint density at radius 3 is 2.60 bits per heavy atom. The fourth-order valence-electron chi connectivity index (χ4n) is 0.947. The number of nitrogens with one attached hydrogen (secondary N) is 1. The molecule has 1 N–H and O–H groups in total. The SMILES string of the molecule is C[C@@H]([C]=O)NC(=O)N(F)c1ccccc1. The Morgan fingerprint density at radius 2 is 2.07 bits per heavy atom. The molecule has 0 unspecified atom stereocenters. The molecule has 1 radical (unpaired) electrons. The number of para-hydroxylation sites is 1. The minimum absolute atomic E-state index is 0.0617. The van der Waals surface area contributed by atoms with E-state index in [1.54, 1.807) is 18.2 Å². The van der Waals surface area contributed by atoms with Gasteiger partial charge in [-0.2, -0.15) is 0 Å². The zero-order valence-corrected chi connectivity index (χ0v) is 8.11. The molecule has 0 aliphatic rings. The molecule has 1 aromatic rings. The molecule has 4 nitrogen and oxygen atoms in total. The zero-order chi connectivity index (χ0) is 11.3. The summed E-state index contributed by atoms with van der Waals surface area (Å²) in [5.41, 5.74) is 0.105. The maximum atomic E-state index is 13.3. The molecular weight excluding hydrogens is 199 g/mol. The van der Waals surface area contributed by atoms with E-state index in [9.17, 15) is 14.1 Å². The van der Waals surface area contributed by atoms with Crippen LogP contribution in [0.2, 0.25) is 0 Å². The number of anilines is 1. The Labute approximate surface area is 86.6 Å². The van der Waals surface area contributed by atoms with E-state index >= 15 is 0 Å². The summed E-state index contributed by atoms with van der Waals surface area (Å²) in [5.74, 6) is 0. The van der Waals surface area contributed by atoms with Crippen LogP contribution >= 0.6 is 0 Å². The third-order valence-electron chi connectivity index (χ3n) is 1.68. The first-order valence-corrected chi connectivity index (χ1v) is 4.34. The Balaban J connectivity index is 2.65. The largest absolute Gasteiger partial charge is 0.350 e. The van der Waals surface area contributed by atoms with E-state index in [1.165, 1.54) is 25.3 Å². The Bertz CT molecular complexity index is 343. The molecule has 0 bridgehead atoms. The van der Waals surface area contributed by atoms with Crippen molar-refractivity contribution in [3.05, 3.63) is 30.3 Å². The lowest BCUT2D eigenvalue weighted by Crippen LogP contribution is -2.40. The van der Waals surface area contributed by atoms with Gasteiger partial charge in [0.2, 0.25) is 6.29 Å². The van der Waals surface area contributed by atoms with E-state index in [-0.39, 0.29) is 10.8 Å². The first kappa shape index (κ1) is 11.2. The van der Waals surface area contributed by atoms with Crippen molar-refractivity contribution < 1.29 is 14.1 Å². The van der Waals surface area contributed by atoms with Gasteiger partial charge in [0, 0.05) is 0 Å². The molecule has 0 saturated heterocycles. The molecule has 2 amide bonds. The van der Waals surface area contributed by atoms with Gasteiger partial charge in [-0.25, -0.2) is 4.79 Å².